The fraction of sp³-hybridized carbons (Fsp3) is 0.500. The minimum atomic E-state index is -5.21. The maximum absolute atomic E-state index is 13.0. The van der Waals surface area contributed by atoms with E-state index in [1.165, 1.54) is 0 Å². The standard InChI is InChI=1S/C26H28Cl2F3N7O4/c27-18-2-1-16(11-19(18)28)12-32-24-34-20-13-33-38(21(20)22(39)35-24)17-5-7-36(8-6-17)14-15-3-9-37(10-4-15)25(41)42-23(40)26(29,30)31/h1-2,11,13,15,17H,3-10,12,14H2,(H2,32,34,35,39). The summed E-state index contributed by atoms with van der Waals surface area (Å²) in [5.74, 6) is -1.92. The molecule has 2 saturated heterocycles. The van der Waals surface area contributed by atoms with Crippen LogP contribution in [0.5, 0.6) is 0 Å². The van der Waals surface area contributed by atoms with Gasteiger partial charge < -0.3 is 19.9 Å². The smallest absolute Gasteiger partial charge is 0.369 e. The predicted molar refractivity (Wildman–Crippen MR) is 148 cm³/mol. The number of rotatable bonds is 6. The Morgan fingerprint density at radius 3 is 2.45 bits per heavy atom. The van der Waals surface area contributed by atoms with Crippen molar-refractivity contribution in [3.05, 3.63) is 50.4 Å². The molecule has 2 aliphatic heterocycles. The van der Waals surface area contributed by atoms with E-state index < -0.39 is 18.2 Å². The number of ether oxygens (including phenoxy) is 1. The molecule has 0 bridgehead atoms. The second-order valence-electron chi connectivity index (χ2n) is 10.5. The first-order chi connectivity index (χ1) is 20.0. The zero-order valence-corrected chi connectivity index (χ0v) is 23.8. The Morgan fingerprint density at radius 2 is 1.79 bits per heavy atom. The number of nitrogens with zero attached hydrogens (tertiary/aromatic N) is 5. The molecule has 16 heteroatoms. The number of benzene rings is 1. The van der Waals surface area contributed by atoms with E-state index in [-0.39, 0.29) is 30.6 Å². The lowest BCUT2D eigenvalue weighted by Crippen LogP contribution is -2.44. The molecule has 2 fully saturated rings. The van der Waals surface area contributed by atoms with Gasteiger partial charge in [0.05, 0.1) is 22.3 Å². The molecular formula is C26H28Cl2F3N7O4. The number of fused-ring (bicyclic) bond motifs is 1. The van der Waals surface area contributed by atoms with Crippen molar-refractivity contribution in [2.75, 3.05) is 38.0 Å². The van der Waals surface area contributed by atoms with Crippen LogP contribution in [0.1, 0.15) is 37.3 Å². The lowest BCUT2D eigenvalue weighted by Gasteiger charge is -2.37. The van der Waals surface area contributed by atoms with Crippen molar-refractivity contribution in [1.82, 2.24) is 29.5 Å². The minimum Gasteiger partial charge on any atom is -0.369 e. The molecule has 0 unspecified atom stereocenters. The molecule has 4 heterocycles. The van der Waals surface area contributed by atoms with E-state index >= 15 is 0 Å². The van der Waals surface area contributed by atoms with Gasteiger partial charge in [0.25, 0.3) is 5.56 Å². The fourth-order valence-electron chi connectivity index (χ4n) is 5.38. The van der Waals surface area contributed by atoms with Crippen molar-refractivity contribution in [3.8, 4) is 0 Å². The van der Waals surface area contributed by atoms with Crippen LogP contribution in [0.3, 0.4) is 0 Å². The van der Waals surface area contributed by atoms with Crippen molar-refractivity contribution >= 4 is 52.2 Å². The molecule has 5 rings (SSSR count). The lowest BCUT2D eigenvalue weighted by atomic mass is 9.95. The number of alkyl halides is 3. The van der Waals surface area contributed by atoms with Gasteiger partial charge in [-0.05, 0) is 49.3 Å². The van der Waals surface area contributed by atoms with Gasteiger partial charge in [-0.1, -0.05) is 29.3 Å². The monoisotopic (exact) mass is 629 g/mol. The molecule has 0 atom stereocenters. The topological polar surface area (TPSA) is 125 Å². The van der Waals surface area contributed by atoms with Crippen LogP contribution in [0.15, 0.2) is 29.2 Å². The first-order valence-electron chi connectivity index (χ1n) is 13.4. The maximum Gasteiger partial charge on any atom is 0.491 e. The van der Waals surface area contributed by atoms with Gasteiger partial charge in [0.15, 0.2) is 5.52 Å². The number of anilines is 1. The molecule has 11 nitrogen and oxygen atoms in total. The van der Waals surface area contributed by atoms with Gasteiger partial charge in [-0.15, -0.1) is 0 Å². The van der Waals surface area contributed by atoms with Crippen LogP contribution < -0.4 is 10.9 Å². The summed E-state index contributed by atoms with van der Waals surface area (Å²) in [4.78, 5) is 46.5. The van der Waals surface area contributed by atoms with E-state index in [0.717, 1.165) is 42.9 Å². The number of H-pyrrole nitrogens is 1. The van der Waals surface area contributed by atoms with Crippen molar-refractivity contribution < 1.29 is 27.5 Å². The van der Waals surface area contributed by atoms with Crippen molar-refractivity contribution in [2.24, 2.45) is 5.92 Å². The Labute approximate surface area is 247 Å². The Balaban J connectivity index is 1.11. The van der Waals surface area contributed by atoms with Crippen LogP contribution in [-0.4, -0.2) is 80.5 Å². The number of halogens is 5. The second-order valence-corrected chi connectivity index (χ2v) is 11.3. The molecule has 226 valence electrons. The Morgan fingerprint density at radius 1 is 1.07 bits per heavy atom. The number of carbonyl (C=O) groups is 2. The first kappa shape index (κ1) is 30.1. The van der Waals surface area contributed by atoms with E-state index in [2.05, 4.69) is 30.0 Å². The average molecular weight is 630 g/mol. The number of hydrogen-bond acceptors (Lipinski definition) is 8. The number of piperidine rings is 2. The van der Waals surface area contributed by atoms with E-state index in [1.807, 2.05) is 6.07 Å². The molecule has 0 radical (unpaired) electrons. The Kier molecular flexibility index (Phi) is 8.94. The number of likely N-dealkylation sites (tertiary alicyclic amines) is 2. The number of carbonyl (C=O) groups excluding carboxylic acids is 2. The van der Waals surface area contributed by atoms with Gasteiger partial charge in [0, 0.05) is 39.3 Å². The fourth-order valence-corrected chi connectivity index (χ4v) is 5.70. The third-order valence-corrected chi connectivity index (χ3v) is 8.34. The molecule has 0 aliphatic carbocycles. The summed E-state index contributed by atoms with van der Waals surface area (Å²) in [7, 11) is 0. The minimum absolute atomic E-state index is 0.0273. The molecule has 2 aliphatic rings. The second kappa shape index (κ2) is 12.5. The molecule has 2 N–H and O–H groups in total. The summed E-state index contributed by atoms with van der Waals surface area (Å²) in [6, 6.07) is 5.29. The van der Waals surface area contributed by atoms with Crippen LogP contribution in [-0.2, 0) is 16.1 Å². The van der Waals surface area contributed by atoms with E-state index in [4.69, 9.17) is 23.2 Å². The summed E-state index contributed by atoms with van der Waals surface area (Å²) in [5, 5.41) is 8.47. The number of aromatic amines is 1. The number of aromatic nitrogens is 4. The largest absolute Gasteiger partial charge is 0.491 e. The van der Waals surface area contributed by atoms with E-state index in [0.29, 0.717) is 46.4 Å². The first-order valence-corrected chi connectivity index (χ1v) is 14.2. The number of nitrogens with one attached hydrogen (secondary N) is 2. The van der Waals surface area contributed by atoms with Gasteiger partial charge in [-0.2, -0.15) is 18.3 Å². The average Bonchev–Trinajstić information content (AvgIpc) is 3.38. The van der Waals surface area contributed by atoms with Crippen molar-refractivity contribution in [1.29, 1.82) is 0 Å². The third kappa shape index (κ3) is 6.98. The summed E-state index contributed by atoms with van der Waals surface area (Å²) < 4.78 is 42.7. The van der Waals surface area contributed by atoms with Crippen molar-refractivity contribution in [2.45, 2.75) is 44.4 Å². The van der Waals surface area contributed by atoms with Gasteiger partial charge in [-0.3, -0.25) is 14.5 Å². The van der Waals surface area contributed by atoms with Crippen LogP contribution >= 0.6 is 23.2 Å². The summed E-state index contributed by atoms with van der Waals surface area (Å²) in [6.07, 6.45) is -2.13. The highest BCUT2D eigenvalue weighted by molar-refractivity contribution is 6.42. The highest BCUT2D eigenvalue weighted by atomic mass is 35.5. The van der Waals surface area contributed by atoms with Gasteiger partial charge in [-0.25, -0.2) is 14.6 Å². The third-order valence-electron chi connectivity index (χ3n) is 7.60. The molecule has 1 aromatic carbocycles. The highest BCUT2D eigenvalue weighted by Gasteiger charge is 2.43. The zero-order valence-electron chi connectivity index (χ0n) is 22.3. The number of hydrogen-bond donors (Lipinski definition) is 2. The Hall–Kier alpha value is -3.36. The van der Waals surface area contributed by atoms with E-state index in [1.54, 1.807) is 23.0 Å². The summed E-state index contributed by atoms with van der Waals surface area (Å²) in [6.45, 7) is 3.19. The van der Waals surface area contributed by atoms with Gasteiger partial charge >= 0.3 is 18.2 Å². The summed E-state index contributed by atoms with van der Waals surface area (Å²) in [5.41, 5.74) is 1.48. The molecule has 0 saturated carbocycles. The van der Waals surface area contributed by atoms with E-state index in [9.17, 15) is 27.6 Å². The molecular weight excluding hydrogens is 602 g/mol. The lowest BCUT2D eigenvalue weighted by molar-refractivity contribution is -0.193. The van der Waals surface area contributed by atoms with Crippen LogP contribution in [0.2, 0.25) is 10.0 Å². The van der Waals surface area contributed by atoms with Gasteiger partial charge in [0.1, 0.15) is 5.52 Å². The molecule has 3 aromatic rings. The number of amides is 1. The summed E-state index contributed by atoms with van der Waals surface area (Å²) >= 11 is 12.0. The molecule has 2 aromatic heterocycles. The van der Waals surface area contributed by atoms with Crippen LogP contribution in [0.4, 0.5) is 23.9 Å². The molecule has 42 heavy (non-hydrogen) atoms. The number of esters is 1. The quantitative estimate of drug-likeness (QED) is 0.299. The maximum atomic E-state index is 13.0. The highest BCUT2D eigenvalue weighted by Crippen LogP contribution is 2.28. The Bertz CT molecular complexity index is 1510. The zero-order chi connectivity index (χ0) is 30.0. The normalized spacial score (nSPS) is 17.5. The SMILES string of the molecule is O=C(OC(=O)C(F)(F)F)N1CCC(CN2CCC(n3ncc4nc(NCc5ccc(Cl)c(Cl)c5)[nH]c(=O)c43)CC2)CC1. The van der Waals surface area contributed by atoms with Gasteiger partial charge in [0.2, 0.25) is 5.95 Å². The molecule has 1 amide bonds. The van der Waals surface area contributed by atoms with Crippen LogP contribution in [0.25, 0.3) is 11.0 Å². The van der Waals surface area contributed by atoms with Crippen LogP contribution in [0, 0.1) is 5.92 Å². The molecule has 0 spiro atoms. The van der Waals surface area contributed by atoms with Crippen molar-refractivity contribution in [3.63, 3.8) is 0 Å². The predicted octanol–water partition coefficient (Wildman–Crippen LogP) is 4.61.